The maximum Gasteiger partial charge on any atom is 0.248 e. The number of piperidine rings is 1. The monoisotopic (exact) mass is 536 g/mol. The average molecular weight is 537 g/mol. The van der Waals surface area contributed by atoms with Gasteiger partial charge in [-0.2, -0.15) is 0 Å². The second-order valence-corrected chi connectivity index (χ2v) is 13.0. The van der Waals surface area contributed by atoms with Crippen molar-refractivity contribution in [3.63, 3.8) is 0 Å². The Bertz CT molecular complexity index is 1130. The van der Waals surface area contributed by atoms with Crippen LogP contribution in [-0.2, 0) is 9.59 Å². The number of carbonyl (C=O) groups excluding carboxylic acids is 2. The number of nitrogens with one attached hydrogen (secondary N) is 1. The van der Waals surface area contributed by atoms with Crippen LogP contribution in [0.5, 0.6) is 0 Å². The molecule has 9 heteroatoms. The third-order valence-electron chi connectivity index (χ3n) is 8.62. The van der Waals surface area contributed by atoms with Crippen LogP contribution in [0.4, 0.5) is 0 Å². The molecule has 0 bridgehead atoms. The average Bonchev–Trinajstić information content (AvgIpc) is 3.51. The van der Waals surface area contributed by atoms with E-state index in [9.17, 15) is 14.7 Å². The molecule has 1 aromatic heterocycles. The standard InChI is InChI=1S/C30H44N6O3/c1-20-12-14-34(15-13-20)26(22-8-6-5-7-9-22)17-31-28(38)25-16-23(37)18-35(25)29(39)27(30(2,3)4)36-19-24(32-33-36)21-10-11-21/h5-9,19-21,23,25-27,37H,10-18H2,1-4H3,(H,31,38)/t23-,25+,26?,27-/m1/s1. The third-order valence-corrected chi connectivity index (χ3v) is 8.62. The highest BCUT2D eigenvalue weighted by Crippen LogP contribution is 2.40. The maximum absolute atomic E-state index is 14.0. The van der Waals surface area contributed by atoms with Crippen LogP contribution >= 0.6 is 0 Å². The number of rotatable bonds is 8. The number of hydrogen-bond donors (Lipinski definition) is 2. The molecule has 2 saturated heterocycles. The van der Waals surface area contributed by atoms with Crippen molar-refractivity contribution in [3.8, 4) is 0 Å². The molecule has 4 atom stereocenters. The number of aliphatic hydroxyl groups excluding tert-OH is 1. The number of hydrogen-bond acceptors (Lipinski definition) is 6. The summed E-state index contributed by atoms with van der Waals surface area (Å²) in [4.78, 5) is 31.7. The first-order chi connectivity index (χ1) is 18.6. The molecule has 1 aromatic carbocycles. The van der Waals surface area contributed by atoms with Crippen LogP contribution in [-0.4, -0.2) is 80.0 Å². The number of likely N-dealkylation sites (tertiary alicyclic amines) is 2. The molecule has 3 aliphatic rings. The van der Waals surface area contributed by atoms with Crippen molar-refractivity contribution in [2.45, 2.75) is 89.9 Å². The smallest absolute Gasteiger partial charge is 0.248 e. The van der Waals surface area contributed by atoms with E-state index in [1.54, 1.807) is 9.58 Å². The van der Waals surface area contributed by atoms with Gasteiger partial charge in [0.2, 0.25) is 11.8 Å². The summed E-state index contributed by atoms with van der Waals surface area (Å²) in [5.41, 5.74) is 1.65. The molecule has 2 N–H and O–H groups in total. The lowest BCUT2D eigenvalue weighted by Gasteiger charge is -2.37. The van der Waals surface area contributed by atoms with Crippen molar-refractivity contribution in [2.24, 2.45) is 11.3 Å². The Balaban J connectivity index is 1.31. The molecule has 3 fully saturated rings. The number of nitrogens with zero attached hydrogens (tertiary/aromatic N) is 5. The lowest BCUT2D eigenvalue weighted by Crippen LogP contribution is -2.51. The molecular weight excluding hydrogens is 492 g/mol. The second-order valence-electron chi connectivity index (χ2n) is 13.0. The minimum Gasteiger partial charge on any atom is -0.391 e. The number of β-amino-alcohol motifs (C(OH)–C–C–N with tert-alkyl or cyclic N) is 1. The lowest BCUT2D eigenvalue weighted by molar-refractivity contribution is -0.144. The van der Waals surface area contributed by atoms with Gasteiger partial charge in [-0.25, -0.2) is 4.68 Å². The van der Waals surface area contributed by atoms with Crippen molar-refractivity contribution in [3.05, 3.63) is 47.8 Å². The van der Waals surface area contributed by atoms with Crippen LogP contribution in [0.3, 0.4) is 0 Å². The Morgan fingerprint density at radius 3 is 2.44 bits per heavy atom. The van der Waals surface area contributed by atoms with Gasteiger partial charge in [0.1, 0.15) is 12.1 Å². The van der Waals surface area contributed by atoms with Gasteiger partial charge in [0.25, 0.3) is 0 Å². The molecule has 1 unspecified atom stereocenters. The van der Waals surface area contributed by atoms with Crippen molar-refractivity contribution in [2.75, 3.05) is 26.2 Å². The van der Waals surface area contributed by atoms with Crippen molar-refractivity contribution >= 4 is 11.8 Å². The van der Waals surface area contributed by atoms with Crippen LogP contribution in [0.25, 0.3) is 0 Å². The van der Waals surface area contributed by atoms with E-state index in [2.05, 4.69) is 39.6 Å². The maximum atomic E-state index is 14.0. The van der Waals surface area contributed by atoms with Crippen LogP contribution in [0, 0.1) is 11.3 Å². The van der Waals surface area contributed by atoms with Crippen LogP contribution < -0.4 is 5.32 Å². The van der Waals surface area contributed by atoms with Crippen molar-refractivity contribution < 1.29 is 14.7 Å². The van der Waals surface area contributed by atoms with Crippen molar-refractivity contribution in [1.29, 1.82) is 0 Å². The SMILES string of the molecule is CC1CCN(C(CNC(=O)[C@@H]2C[C@@H](O)CN2C(=O)[C@@H](n2cc(C3CC3)nn2)C(C)(C)C)c2ccccc2)CC1. The van der Waals surface area contributed by atoms with Gasteiger partial charge in [-0.15, -0.1) is 5.10 Å². The Morgan fingerprint density at radius 2 is 1.79 bits per heavy atom. The van der Waals surface area contributed by atoms with E-state index < -0.39 is 23.6 Å². The van der Waals surface area contributed by atoms with Crippen molar-refractivity contribution in [1.82, 2.24) is 30.1 Å². The molecule has 0 radical (unpaired) electrons. The van der Waals surface area contributed by atoms with Gasteiger partial charge in [-0.1, -0.05) is 63.2 Å². The number of amides is 2. The first kappa shape index (κ1) is 27.8. The summed E-state index contributed by atoms with van der Waals surface area (Å²) in [5, 5.41) is 22.4. The molecule has 212 valence electrons. The highest BCUT2D eigenvalue weighted by molar-refractivity contribution is 5.90. The van der Waals surface area contributed by atoms with Gasteiger partial charge in [-0.05, 0) is 55.7 Å². The molecule has 2 aliphatic heterocycles. The summed E-state index contributed by atoms with van der Waals surface area (Å²) >= 11 is 0. The van der Waals surface area contributed by atoms with E-state index in [0.29, 0.717) is 18.4 Å². The van der Waals surface area contributed by atoms with Gasteiger partial charge in [-0.3, -0.25) is 14.5 Å². The number of aromatic nitrogens is 3. The largest absolute Gasteiger partial charge is 0.391 e. The van der Waals surface area contributed by atoms with Crippen LogP contribution in [0.15, 0.2) is 36.5 Å². The van der Waals surface area contributed by atoms with E-state index in [1.165, 1.54) is 5.56 Å². The summed E-state index contributed by atoms with van der Waals surface area (Å²) in [6.45, 7) is 10.9. The first-order valence-electron chi connectivity index (χ1n) is 14.6. The highest BCUT2D eigenvalue weighted by atomic mass is 16.3. The second kappa shape index (κ2) is 11.4. The molecule has 2 aromatic rings. The predicted molar refractivity (Wildman–Crippen MR) is 149 cm³/mol. The summed E-state index contributed by atoms with van der Waals surface area (Å²) in [7, 11) is 0. The van der Waals surface area contributed by atoms with E-state index >= 15 is 0 Å². The lowest BCUT2D eigenvalue weighted by atomic mass is 9.85. The topological polar surface area (TPSA) is 104 Å². The van der Waals surface area contributed by atoms with Gasteiger partial charge < -0.3 is 15.3 Å². The minimum absolute atomic E-state index is 0.0662. The quantitative estimate of drug-likeness (QED) is 0.537. The summed E-state index contributed by atoms with van der Waals surface area (Å²) < 4.78 is 1.67. The zero-order chi connectivity index (χ0) is 27.7. The Labute approximate surface area is 231 Å². The first-order valence-corrected chi connectivity index (χ1v) is 14.6. The van der Waals surface area contributed by atoms with Crippen LogP contribution in [0.1, 0.15) is 89.1 Å². The third kappa shape index (κ3) is 6.35. The van der Waals surface area contributed by atoms with E-state index in [-0.39, 0.29) is 30.8 Å². The molecule has 2 amide bonds. The van der Waals surface area contributed by atoms with Gasteiger partial charge in [0, 0.05) is 31.6 Å². The van der Waals surface area contributed by atoms with E-state index in [4.69, 9.17) is 0 Å². The molecule has 0 spiro atoms. The summed E-state index contributed by atoms with van der Waals surface area (Å²) in [6.07, 6.45) is 5.88. The molecule has 39 heavy (non-hydrogen) atoms. The van der Waals surface area contributed by atoms with Crippen LogP contribution in [0.2, 0.25) is 0 Å². The fourth-order valence-electron chi connectivity index (χ4n) is 6.11. The Morgan fingerprint density at radius 1 is 1.10 bits per heavy atom. The highest BCUT2D eigenvalue weighted by Gasteiger charge is 2.45. The van der Waals surface area contributed by atoms with E-state index in [1.807, 2.05) is 45.2 Å². The normalized spacial score (nSPS) is 24.5. The number of benzene rings is 1. The van der Waals surface area contributed by atoms with E-state index in [0.717, 1.165) is 44.5 Å². The molecule has 1 saturated carbocycles. The zero-order valence-electron chi connectivity index (χ0n) is 23.8. The van der Waals surface area contributed by atoms with Gasteiger partial charge >= 0.3 is 0 Å². The minimum atomic E-state index is -0.739. The fraction of sp³-hybridized carbons (Fsp3) is 0.667. The molecule has 9 nitrogen and oxygen atoms in total. The molecule has 1 aliphatic carbocycles. The zero-order valence-corrected chi connectivity index (χ0v) is 23.8. The molecular formula is C30H44N6O3. The summed E-state index contributed by atoms with van der Waals surface area (Å²) in [6, 6.07) is 9.04. The fourth-order valence-corrected chi connectivity index (χ4v) is 6.11. The number of carbonyl (C=O) groups is 2. The summed E-state index contributed by atoms with van der Waals surface area (Å²) in [5.74, 6) is 0.738. The predicted octanol–water partition coefficient (Wildman–Crippen LogP) is 3.29. The molecule has 3 heterocycles. The van der Waals surface area contributed by atoms with Gasteiger partial charge in [0.15, 0.2) is 0 Å². The van der Waals surface area contributed by atoms with Gasteiger partial charge in [0.05, 0.1) is 17.8 Å². The Hall–Kier alpha value is -2.78. The number of aliphatic hydroxyl groups is 1. The molecule has 5 rings (SSSR count). The Kier molecular flexibility index (Phi) is 8.10.